The van der Waals surface area contributed by atoms with Crippen LogP contribution in [0.5, 0.6) is 5.75 Å². The molecule has 1 saturated heterocycles. The fourth-order valence-electron chi connectivity index (χ4n) is 1.78. The first kappa shape index (κ1) is 9.27. The number of aliphatic hydroxyl groups is 1. The smallest absolute Gasteiger partial charge is 0.171 e. The largest absolute Gasteiger partial charge is 0.504 e. The summed E-state index contributed by atoms with van der Waals surface area (Å²) in [7, 11) is 0. The fourth-order valence-corrected chi connectivity index (χ4v) is 1.78. The molecule has 0 unspecified atom stereocenters. The molecule has 4 nitrogen and oxygen atoms in total. The summed E-state index contributed by atoms with van der Waals surface area (Å²) in [5.41, 5.74) is 0. The van der Waals surface area contributed by atoms with E-state index in [4.69, 9.17) is 0 Å². The maximum absolute atomic E-state index is 9.56. The minimum absolute atomic E-state index is 0.182. The van der Waals surface area contributed by atoms with Crippen molar-refractivity contribution in [3.8, 4) is 5.75 Å². The van der Waals surface area contributed by atoms with E-state index in [0.29, 0.717) is 12.4 Å². The van der Waals surface area contributed by atoms with Crippen LogP contribution in [0.1, 0.15) is 12.8 Å². The Kier molecular flexibility index (Phi) is 2.54. The summed E-state index contributed by atoms with van der Waals surface area (Å²) in [5, 5.41) is 19.0. The van der Waals surface area contributed by atoms with Gasteiger partial charge in [0.05, 0.1) is 6.10 Å². The molecule has 0 radical (unpaired) electrons. The van der Waals surface area contributed by atoms with Gasteiger partial charge in [0.1, 0.15) is 0 Å². The molecule has 1 aromatic heterocycles. The lowest BCUT2D eigenvalue weighted by Gasteiger charge is -2.31. The summed E-state index contributed by atoms with van der Waals surface area (Å²) in [6, 6.07) is 3.31. The molecule has 0 spiro atoms. The van der Waals surface area contributed by atoms with Crippen LogP contribution in [0.15, 0.2) is 18.3 Å². The van der Waals surface area contributed by atoms with E-state index in [0.717, 1.165) is 19.4 Å². The Morgan fingerprint density at radius 1 is 1.50 bits per heavy atom. The van der Waals surface area contributed by atoms with Crippen LogP contribution in [0, 0.1) is 0 Å². The molecule has 2 N–H and O–H groups in total. The molecule has 4 heteroatoms. The Morgan fingerprint density at radius 2 is 2.36 bits per heavy atom. The maximum atomic E-state index is 9.56. The molecule has 76 valence electrons. The molecule has 0 amide bonds. The van der Waals surface area contributed by atoms with Crippen molar-refractivity contribution in [2.45, 2.75) is 18.9 Å². The molecule has 1 fully saturated rings. The van der Waals surface area contributed by atoms with Gasteiger partial charge in [-0.3, -0.25) is 0 Å². The van der Waals surface area contributed by atoms with Crippen LogP contribution in [0.3, 0.4) is 0 Å². The van der Waals surface area contributed by atoms with Crippen molar-refractivity contribution < 1.29 is 10.2 Å². The van der Waals surface area contributed by atoms with Gasteiger partial charge < -0.3 is 15.1 Å². The summed E-state index contributed by atoms with van der Waals surface area (Å²) in [6.45, 7) is 1.41. The van der Waals surface area contributed by atoms with E-state index in [1.807, 2.05) is 4.90 Å². The van der Waals surface area contributed by atoms with Crippen molar-refractivity contribution in [1.29, 1.82) is 0 Å². The van der Waals surface area contributed by atoms with E-state index >= 15 is 0 Å². The first-order valence-corrected chi connectivity index (χ1v) is 4.84. The fraction of sp³-hybridized carbons (Fsp3) is 0.500. The van der Waals surface area contributed by atoms with E-state index in [9.17, 15) is 10.2 Å². The van der Waals surface area contributed by atoms with Crippen molar-refractivity contribution >= 4 is 5.82 Å². The molecule has 0 bridgehead atoms. The molecule has 0 aromatic carbocycles. The van der Waals surface area contributed by atoms with Gasteiger partial charge in [0.15, 0.2) is 11.6 Å². The summed E-state index contributed by atoms with van der Waals surface area (Å²) in [4.78, 5) is 6.02. The van der Waals surface area contributed by atoms with Gasteiger partial charge in [-0.25, -0.2) is 4.98 Å². The topological polar surface area (TPSA) is 56.6 Å². The van der Waals surface area contributed by atoms with E-state index in [-0.39, 0.29) is 11.9 Å². The number of hydrogen-bond donors (Lipinski definition) is 2. The highest BCUT2D eigenvalue weighted by atomic mass is 16.3. The molecule has 0 saturated carbocycles. The second-order valence-electron chi connectivity index (χ2n) is 3.59. The molecule has 1 atom stereocenters. The van der Waals surface area contributed by atoms with Crippen LogP contribution in [0.25, 0.3) is 0 Å². The number of aliphatic hydroxyl groups excluding tert-OH is 1. The zero-order chi connectivity index (χ0) is 9.97. The quantitative estimate of drug-likeness (QED) is 0.692. The second kappa shape index (κ2) is 3.84. The van der Waals surface area contributed by atoms with Gasteiger partial charge in [-0.05, 0) is 25.0 Å². The number of pyridine rings is 1. The Balaban J connectivity index is 2.18. The van der Waals surface area contributed by atoms with Crippen molar-refractivity contribution in [3.05, 3.63) is 18.3 Å². The first-order chi connectivity index (χ1) is 6.77. The van der Waals surface area contributed by atoms with Gasteiger partial charge in [0, 0.05) is 19.3 Å². The van der Waals surface area contributed by atoms with Gasteiger partial charge in [-0.2, -0.15) is 0 Å². The number of aromatic hydroxyl groups is 1. The number of aromatic nitrogens is 1. The van der Waals surface area contributed by atoms with Crippen LogP contribution >= 0.6 is 0 Å². The average molecular weight is 194 g/mol. The summed E-state index contributed by atoms with van der Waals surface area (Å²) in [5.74, 6) is 0.757. The Labute approximate surface area is 82.8 Å². The lowest BCUT2D eigenvalue weighted by atomic mass is 10.1. The minimum atomic E-state index is -0.301. The maximum Gasteiger partial charge on any atom is 0.171 e. The first-order valence-electron chi connectivity index (χ1n) is 4.84. The van der Waals surface area contributed by atoms with Crippen molar-refractivity contribution in [1.82, 2.24) is 4.98 Å². The van der Waals surface area contributed by atoms with Gasteiger partial charge in [-0.1, -0.05) is 0 Å². The third-order valence-corrected chi connectivity index (χ3v) is 2.46. The minimum Gasteiger partial charge on any atom is -0.504 e. The molecular weight excluding hydrogens is 180 g/mol. The third kappa shape index (κ3) is 1.80. The van der Waals surface area contributed by atoms with Crippen LogP contribution in [0.2, 0.25) is 0 Å². The number of rotatable bonds is 1. The molecule has 1 aliphatic heterocycles. The molecular formula is C10H14N2O2. The van der Waals surface area contributed by atoms with Crippen molar-refractivity contribution in [3.63, 3.8) is 0 Å². The van der Waals surface area contributed by atoms with Gasteiger partial charge in [0.25, 0.3) is 0 Å². The summed E-state index contributed by atoms with van der Waals surface area (Å²) >= 11 is 0. The highest BCUT2D eigenvalue weighted by molar-refractivity contribution is 5.51. The molecule has 0 aliphatic carbocycles. The Morgan fingerprint density at radius 3 is 3.07 bits per heavy atom. The highest BCUT2D eigenvalue weighted by Crippen LogP contribution is 2.26. The van der Waals surface area contributed by atoms with Gasteiger partial charge >= 0.3 is 0 Å². The van der Waals surface area contributed by atoms with E-state index in [2.05, 4.69) is 4.98 Å². The number of piperidine rings is 1. The zero-order valence-electron chi connectivity index (χ0n) is 7.93. The zero-order valence-corrected chi connectivity index (χ0v) is 7.93. The number of nitrogens with zero attached hydrogens (tertiary/aromatic N) is 2. The normalized spacial score (nSPS) is 22.4. The Bertz CT molecular complexity index is 317. The molecule has 1 aromatic rings. The summed E-state index contributed by atoms with van der Waals surface area (Å²) in [6.07, 6.45) is 3.13. The number of β-amino-alcohol motifs (C(OH)–C–C–N with tert-alkyl or cyclic N) is 1. The van der Waals surface area contributed by atoms with Crippen molar-refractivity contribution in [2.24, 2.45) is 0 Å². The van der Waals surface area contributed by atoms with Crippen LogP contribution in [0.4, 0.5) is 5.82 Å². The predicted molar refractivity (Wildman–Crippen MR) is 53.4 cm³/mol. The lowest BCUT2D eigenvalue weighted by Crippen LogP contribution is -2.38. The lowest BCUT2D eigenvalue weighted by molar-refractivity contribution is 0.153. The predicted octanol–water partition coefficient (Wildman–Crippen LogP) is 0.748. The average Bonchev–Trinajstić information content (AvgIpc) is 2.18. The number of hydrogen-bond acceptors (Lipinski definition) is 4. The van der Waals surface area contributed by atoms with Gasteiger partial charge in [0.2, 0.25) is 0 Å². The highest BCUT2D eigenvalue weighted by Gasteiger charge is 2.20. The SMILES string of the molecule is Oc1cccnc1N1CCC[C@@H](O)C1. The van der Waals surface area contributed by atoms with Crippen LogP contribution < -0.4 is 4.90 Å². The van der Waals surface area contributed by atoms with E-state index < -0.39 is 0 Å². The summed E-state index contributed by atoms with van der Waals surface area (Å²) < 4.78 is 0. The van der Waals surface area contributed by atoms with Crippen LogP contribution in [-0.2, 0) is 0 Å². The molecule has 2 rings (SSSR count). The standard InChI is InChI=1S/C10H14N2O2/c13-8-3-2-6-12(7-8)10-9(14)4-1-5-11-10/h1,4-5,8,13-14H,2-3,6-7H2/t8-/m1/s1. The second-order valence-corrected chi connectivity index (χ2v) is 3.59. The molecule has 2 heterocycles. The van der Waals surface area contributed by atoms with Crippen LogP contribution in [-0.4, -0.2) is 34.4 Å². The Hall–Kier alpha value is -1.29. The molecule has 1 aliphatic rings. The van der Waals surface area contributed by atoms with E-state index in [1.54, 1.807) is 18.3 Å². The monoisotopic (exact) mass is 194 g/mol. The van der Waals surface area contributed by atoms with Crippen molar-refractivity contribution in [2.75, 3.05) is 18.0 Å². The molecule has 14 heavy (non-hydrogen) atoms. The van der Waals surface area contributed by atoms with Gasteiger partial charge in [-0.15, -0.1) is 0 Å². The van der Waals surface area contributed by atoms with E-state index in [1.165, 1.54) is 0 Å². The third-order valence-electron chi connectivity index (χ3n) is 2.46. The number of anilines is 1.